The van der Waals surface area contributed by atoms with E-state index < -0.39 is 0 Å². The summed E-state index contributed by atoms with van der Waals surface area (Å²) in [5.41, 5.74) is 1.44. The summed E-state index contributed by atoms with van der Waals surface area (Å²) in [6, 6.07) is 9.65. The van der Waals surface area contributed by atoms with Crippen molar-refractivity contribution in [1.82, 2.24) is 15.2 Å². The van der Waals surface area contributed by atoms with Crippen molar-refractivity contribution >= 4 is 5.91 Å². The van der Waals surface area contributed by atoms with Gasteiger partial charge in [-0.1, -0.05) is 18.9 Å². The monoisotopic (exact) mass is 409 g/mol. The Morgan fingerprint density at radius 3 is 3.07 bits per heavy atom. The third kappa shape index (κ3) is 3.75. The van der Waals surface area contributed by atoms with E-state index in [0.717, 1.165) is 31.4 Å². The molecule has 7 nitrogen and oxygen atoms in total. The van der Waals surface area contributed by atoms with E-state index in [1.807, 2.05) is 29.3 Å². The van der Waals surface area contributed by atoms with Crippen molar-refractivity contribution in [1.29, 1.82) is 0 Å². The SMILES string of the molecule is O=C(c1ccc2c(c1)OCO2)N1CCO[C@@]2(CCCC[C@H]2NCc2cccnc2)C1. The summed E-state index contributed by atoms with van der Waals surface area (Å²) < 4.78 is 17.2. The van der Waals surface area contributed by atoms with Crippen LogP contribution in [0.3, 0.4) is 0 Å². The highest BCUT2D eigenvalue weighted by Gasteiger charge is 2.46. The zero-order chi connectivity index (χ0) is 20.4. The molecular weight excluding hydrogens is 382 g/mol. The largest absolute Gasteiger partial charge is 0.454 e. The normalized spacial score (nSPS) is 25.5. The van der Waals surface area contributed by atoms with Gasteiger partial charge in [0.1, 0.15) is 5.60 Å². The maximum atomic E-state index is 13.3. The summed E-state index contributed by atoms with van der Waals surface area (Å²) in [6.07, 6.45) is 7.98. The lowest BCUT2D eigenvalue weighted by Crippen LogP contribution is -2.64. The molecule has 158 valence electrons. The van der Waals surface area contributed by atoms with Gasteiger partial charge >= 0.3 is 0 Å². The van der Waals surface area contributed by atoms with E-state index in [1.165, 1.54) is 6.42 Å². The minimum atomic E-state index is -0.343. The molecular formula is C23H27N3O4. The van der Waals surface area contributed by atoms with Gasteiger partial charge < -0.3 is 24.4 Å². The van der Waals surface area contributed by atoms with E-state index in [0.29, 0.717) is 36.8 Å². The quantitative estimate of drug-likeness (QED) is 0.837. The van der Waals surface area contributed by atoms with E-state index in [-0.39, 0.29) is 24.3 Å². The Labute approximate surface area is 176 Å². The molecule has 2 fully saturated rings. The molecule has 30 heavy (non-hydrogen) atoms. The first kappa shape index (κ1) is 19.3. The number of aromatic nitrogens is 1. The summed E-state index contributed by atoms with van der Waals surface area (Å²) in [5, 5.41) is 3.69. The minimum absolute atomic E-state index is 0.0209. The summed E-state index contributed by atoms with van der Waals surface area (Å²) in [6.45, 7) is 2.72. The predicted octanol–water partition coefficient (Wildman–Crippen LogP) is 2.75. The number of carbonyl (C=O) groups excluding carboxylic acids is 1. The molecule has 3 heterocycles. The predicted molar refractivity (Wildman–Crippen MR) is 110 cm³/mol. The molecule has 1 aliphatic carbocycles. The van der Waals surface area contributed by atoms with Crippen LogP contribution in [-0.4, -0.2) is 53.9 Å². The molecule has 1 saturated heterocycles. The zero-order valence-corrected chi connectivity index (χ0v) is 17.0. The number of rotatable bonds is 4. The fourth-order valence-corrected chi connectivity index (χ4v) is 4.80. The molecule has 5 rings (SSSR count). The van der Waals surface area contributed by atoms with Crippen LogP contribution in [0.25, 0.3) is 0 Å². The number of fused-ring (bicyclic) bond motifs is 1. The fourth-order valence-electron chi connectivity index (χ4n) is 4.80. The molecule has 2 aliphatic heterocycles. The van der Waals surface area contributed by atoms with E-state index in [4.69, 9.17) is 14.2 Å². The van der Waals surface area contributed by atoms with Gasteiger partial charge in [-0.05, 0) is 42.7 Å². The van der Waals surface area contributed by atoms with Crippen molar-refractivity contribution in [2.75, 3.05) is 26.5 Å². The molecule has 1 amide bonds. The first-order chi connectivity index (χ1) is 14.7. The Kier molecular flexibility index (Phi) is 5.31. The molecule has 1 aromatic carbocycles. The topological polar surface area (TPSA) is 72.9 Å². The summed E-state index contributed by atoms with van der Waals surface area (Å²) in [4.78, 5) is 19.4. The molecule has 0 radical (unpaired) electrons. The van der Waals surface area contributed by atoms with Crippen molar-refractivity contribution in [3.8, 4) is 11.5 Å². The maximum absolute atomic E-state index is 13.3. The van der Waals surface area contributed by atoms with Gasteiger partial charge in [0, 0.05) is 37.1 Å². The zero-order valence-electron chi connectivity index (χ0n) is 17.0. The van der Waals surface area contributed by atoms with Crippen LogP contribution >= 0.6 is 0 Å². The van der Waals surface area contributed by atoms with Crippen LogP contribution in [0.5, 0.6) is 11.5 Å². The van der Waals surface area contributed by atoms with Gasteiger partial charge in [0.2, 0.25) is 6.79 Å². The van der Waals surface area contributed by atoms with Gasteiger partial charge in [0.05, 0.1) is 13.2 Å². The van der Waals surface area contributed by atoms with Crippen molar-refractivity contribution in [3.63, 3.8) is 0 Å². The van der Waals surface area contributed by atoms with Crippen LogP contribution < -0.4 is 14.8 Å². The number of amides is 1. The van der Waals surface area contributed by atoms with E-state index >= 15 is 0 Å². The second-order valence-corrected chi connectivity index (χ2v) is 8.25. The molecule has 0 bridgehead atoms. The molecule has 7 heteroatoms. The molecule has 0 unspecified atom stereocenters. The summed E-state index contributed by atoms with van der Waals surface area (Å²) in [5.74, 6) is 1.35. The average molecular weight is 409 g/mol. The van der Waals surface area contributed by atoms with Crippen LogP contribution in [-0.2, 0) is 11.3 Å². The van der Waals surface area contributed by atoms with Crippen LogP contribution in [0, 0.1) is 0 Å². The lowest BCUT2D eigenvalue weighted by atomic mass is 9.78. The standard InChI is InChI=1S/C23H27N3O4/c27-22(18-6-7-19-20(12-18)29-16-28-19)26-10-11-30-23(15-26)8-2-1-5-21(23)25-14-17-4-3-9-24-13-17/h3-4,6-7,9,12-13,21,25H,1-2,5,8,10-11,14-16H2/t21-,23+/m1/s1. The molecule has 1 spiro atoms. The summed E-state index contributed by atoms with van der Waals surface area (Å²) in [7, 11) is 0. The summed E-state index contributed by atoms with van der Waals surface area (Å²) >= 11 is 0. The number of hydrogen-bond donors (Lipinski definition) is 1. The third-order valence-electron chi connectivity index (χ3n) is 6.37. The van der Waals surface area contributed by atoms with Crippen molar-refractivity contribution in [2.24, 2.45) is 0 Å². The first-order valence-electron chi connectivity index (χ1n) is 10.7. The number of pyridine rings is 1. The van der Waals surface area contributed by atoms with Gasteiger partial charge in [0.25, 0.3) is 5.91 Å². The number of ether oxygens (including phenoxy) is 3. The second-order valence-electron chi connectivity index (χ2n) is 8.25. The molecule has 1 saturated carbocycles. The third-order valence-corrected chi connectivity index (χ3v) is 6.37. The Morgan fingerprint density at radius 1 is 1.23 bits per heavy atom. The van der Waals surface area contributed by atoms with Gasteiger partial charge in [-0.3, -0.25) is 9.78 Å². The number of morpholine rings is 1. The fraction of sp³-hybridized carbons (Fsp3) is 0.478. The second kappa shape index (κ2) is 8.24. The molecule has 3 aliphatic rings. The Bertz CT molecular complexity index is 903. The highest BCUT2D eigenvalue weighted by Crippen LogP contribution is 2.37. The Morgan fingerprint density at radius 2 is 2.17 bits per heavy atom. The molecule has 2 atom stereocenters. The van der Waals surface area contributed by atoms with Gasteiger partial charge in [-0.2, -0.15) is 0 Å². The van der Waals surface area contributed by atoms with E-state index in [2.05, 4.69) is 16.4 Å². The van der Waals surface area contributed by atoms with Crippen molar-refractivity contribution in [2.45, 2.75) is 43.9 Å². The first-order valence-corrected chi connectivity index (χ1v) is 10.7. The number of carbonyl (C=O) groups is 1. The maximum Gasteiger partial charge on any atom is 0.254 e. The number of hydrogen-bond acceptors (Lipinski definition) is 6. The molecule has 1 aromatic heterocycles. The number of nitrogens with zero attached hydrogens (tertiary/aromatic N) is 2. The molecule has 1 N–H and O–H groups in total. The van der Waals surface area contributed by atoms with Gasteiger partial charge in [-0.15, -0.1) is 0 Å². The van der Waals surface area contributed by atoms with Crippen LogP contribution in [0.2, 0.25) is 0 Å². The Hall–Kier alpha value is -2.64. The van der Waals surface area contributed by atoms with Crippen LogP contribution in [0.15, 0.2) is 42.7 Å². The van der Waals surface area contributed by atoms with Gasteiger partial charge in [-0.25, -0.2) is 0 Å². The van der Waals surface area contributed by atoms with E-state index in [9.17, 15) is 4.79 Å². The average Bonchev–Trinajstić information content (AvgIpc) is 3.27. The highest BCUT2D eigenvalue weighted by molar-refractivity contribution is 5.95. The van der Waals surface area contributed by atoms with Crippen LogP contribution in [0.4, 0.5) is 0 Å². The smallest absolute Gasteiger partial charge is 0.254 e. The van der Waals surface area contributed by atoms with Crippen molar-refractivity contribution < 1.29 is 19.0 Å². The minimum Gasteiger partial charge on any atom is -0.454 e. The molecule has 2 aromatic rings. The Balaban J connectivity index is 1.31. The van der Waals surface area contributed by atoms with E-state index in [1.54, 1.807) is 12.3 Å². The number of nitrogens with one attached hydrogen (secondary N) is 1. The van der Waals surface area contributed by atoms with Crippen LogP contribution in [0.1, 0.15) is 41.6 Å². The van der Waals surface area contributed by atoms with Gasteiger partial charge in [0.15, 0.2) is 11.5 Å². The van der Waals surface area contributed by atoms with Crippen molar-refractivity contribution in [3.05, 3.63) is 53.9 Å². The lowest BCUT2D eigenvalue weighted by Gasteiger charge is -2.49. The highest BCUT2D eigenvalue weighted by atomic mass is 16.7. The number of benzene rings is 1. The lowest BCUT2D eigenvalue weighted by molar-refractivity contribution is -0.135.